The maximum Gasteiger partial charge on any atom is 0.283 e. The molecule has 0 unspecified atom stereocenters. The Morgan fingerprint density at radius 3 is 2.29 bits per heavy atom. The Hall–Kier alpha value is -3.52. The molecule has 1 aliphatic heterocycles. The average Bonchev–Trinajstić information content (AvgIpc) is 2.88. The lowest BCUT2D eigenvalue weighted by Crippen LogP contribution is -2.48. The molecule has 0 aromatic heterocycles. The number of nitro benzene ring substituents is 1. The molecule has 0 bridgehead atoms. The van der Waals surface area contributed by atoms with Crippen LogP contribution in [0.4, 0.5) is 11.4 Å². The van der Waals surface area contributed by atoms with Crippen LogP contribution in [0.3, 0.4) is 0 Å². The molecular weight excluding hydrogens is 450 g/mol. The summed E-state index contributed by atoms with van der Waals surface area (Å²) < 4.78 is 5.21. The highest BCUT2D eigenvalue weighted by molar-refractivity contribution is 7.98. The Morgan fingerprint density at radius 1 is 1.00 bits per heavy atom. The van der Waals surface area contributed by atoms with E-state index in [1.807, 2.05) is 55.5 Å². The van der Waals surface area contributed by atoms with Gasteiger partial charge in [-0.15, -0.1) is 11.8 Å². The first kappa shape index (κ1) is 23.6. The highest BCUT2D eigenvalue weighted by Crippen LogP contribution is 2.33. The molecule has 8 heteroatoms. The number of piperazine rings is 1. The molecule has 176 valence electrons. The summed E-state index contributed by atoms with van der Waals surface area (Å²) in [6, 6.07) is 20.8. The number of carbonyl (C=O) groups excluding carboxylic acids is 1. The van der Waals surface area contributed by atoms with E-state index in [0.29, 0.717) is 42.4 Å². The maximum atomic E-state index is 13.1. The second-order valence-electron chi connectivity index (χ2n) is 8.19. The molecule has 1 aliphatic rings. The van der Waals surface area contributed by atoms with Crippen LogP contribution >= 0.6 is 11.8 Å². The van der Waals surface area contributed by atoms with Crippen molar-refractivity contribution in [2.24, 2.45) is 0 Å². The van der Waals surface area contributed by atoms with Gasteiger partial charge in [-0.05, 0) is 48.9 Å². The minimum absolute atomic E-state index is 0.0279. The largest absolute Gasteiger partial charge is 0.497 e. The van der Waals surface area contributed by atoms with Crippen LogP contribution in [0, 0.1) is 17.0 Å². The van der Waals surface area contributed by atoms with Crippen molar-refractivity contribution in [3.05, 3.63) is 93.5 Å². The third kappa shape index (κ3) is 5.51. The van der Waals surface area contributed by atoms with Crippen molar-refractivity contribution in [2.75, 3.05) is 38.2 Å². The molecule has 0 radical (unpaired) electrons. The number of carbonyl (C=O) groups is 1. The molecule has 0 saturated carbocycles. The van der Waals surface area contributed by atoms with E-state index in [1.54, 1.807) is 24.1 Å². The summed E-state index contributed by atoms with van der Waals surface area (Å²) in [7, 11) is 1.64. The molecule has 34 heavy (non-hydrogen) atoms. The van der Waals surface area contributed by atoms with Crippen molar-refractivity contribution in [3.63, 3.8) is 0 Å². The van der Waals surface area contributed by atoms with Crippen LogP contribution in [-0.4, -0.2) is 49.0 Å². The summed E-state index contributed by atoms with van der Waals surface area (Å²) >= 11 is 1.41. The summed E-state index contributed by atoms with van der Waals surface area (Å²) in [5.74, 6) is 1.26. The Kier molecular flexibility index (Phi) is 7.37. The predicted octanol–water partition coefficient (Wildman–Crippen LogP) is 5.17. The van der Waals surface area contributed by atoms with Crippen molar-refractivity contribution >= 4 is 29.0 Å². The Bertz CT molecular complexity index is 1160. The number of thioether (sulfide) groups is 1. The minimum atomic E-state index is -0.407. The Balaban J connectivity index is 1.41. The first-order chi connectivity index (χ1) is 16.4. The summed E-state index contributed by atoms with van der Waals surface area (Å²) in [5.41, 5.74) is 3.68. The lowest BCUT2D eigenvalue weighted by Gasteiger charge is -2.36. The zero-order valence-corrected chi connectivity index (χ0v) is 20.1. The second-order valence-corrected chi connectivity index (χ2v) is 9.21. The highest BCUT2D eigenvalue weighted by atomic mass is 32.2. The molecule has 3 aromatic carbocycles. The number of nitro groups is 1. The minimum Gasteiger partial charge on any atom is -0.497 e. The standard InChI is InChI=1S/C26H27N3O4S/c1-19-3-5-20(6-4-19)18-34-25-12-7-21(17-24(25)29(31)32)26(30)28-15-13-27(14-16-28)22-8-10-23(33-2)11-9-22/h3-12,17H,13-16,18H2,1-2H3. The number of benzene rings is 3. The number of aryl methyl sites for hydroxylation is 1. The van der Waals surface area contributed by atoms with Gasteiger partial charge in [-0.25, -0.2) is 0 Å². The number of rotatable bonds is 7. The van der Waals surface area contributed by atoms with Crippen LogP contribution in [0.15, 0.2) is 71.6 Å². The lowest BCUT2D eigenvalue weighted by molar-refractivity contribution is -0.387. The van der Waals surface area contributed by atoms with E-state index >= 15 is 0 Å². The van der Waals surface area contributed by atoms with Crippen LogP contribution in [0.5, 0.6) is 5.75 Å². The lowest BCUT2D eigenvalue weighted by atomic mass is 10.1. The molecule has 1 fully saturated rings. The van der Waals surface area contributed by atoms with Gasteiger partial charge in [0.25, 0.3) is 11.6 Å². The van der Waals surface area contributed by atoms with Gasteiger partial charge in [0.2, 0.25) is 0 Å². The molecule has 7 nitrogen and oxygen atoms in total. The second kappa shape index (κ2) is 10.6. The Morgan fingerprint density at radius 2 is 1.68 bits per heavy atom. The molecule has 0 aliphatic carbocycles. The van der Waals surface area contributed by atoms with Gasteiger partial charge in [-0.3, -0.25) is 14.9 Å². The van der Waals surface area contributed by atoms with E-state index < -0.39 is 4.92 Å². The van der Waals surface area contributed by atoms with Crippen molar-refractivity contribution in [2.45, 2.75) is 17.6 Å². The number of nitrogens with zero attached hydrogens (tertiary/aromatic N) is 3. The van der Waals surface area contributed by atoms with E-state index in [1.165, 1.54) is 23.4 Å². The van der Waals surface area contributed by atoms with Crippen molar-refractivity contribution in [1.82, 2.24) is 4.90 Å². The van der Waals surface area contributed by atoms with Gasteiger partial charge in [0, 0.05) is 49.2 Å². The maximum absolute atomic E-state index is 13.1. The quantitative estimate of drug-likeness (QED) is 0.266. The Labute approximate surface area is 203 Å². The van der Waals surface area contributed by atoms with Gasteiger partial charge >= 0.3 is 0 Å². The fourth-order valence-electron chi connectivity index (χ4n) is 3.90. The third-order valence-electron chi connectivity index (χ3n) is 5.92. The highest BCUT2D eigenvalue weighted by Gasteiger charge is 2.25. The molecule has 3 aromatic rings. The fourth-order valence-corrected chi connectivity index (χ4v) is 4.86. The molecule has 1 heterocycles. The average molecular weight is 478 g/mol. The van der Waals surface area contributed by atoms with E-state index in [9.17, 15) is 14.9 Å². The smallest absolute Gasteiger partial charge is 0.283 e. The van der Waals surface area contributed by atoms with Crippen LogP contribution in [0.25, 0.3) is 0 Å². The van der Waals surface area contributed by atoms with E-state index in [-0.39, 0.29) is 11.6 Å². The van der Waals surface area contributed by atoms with Crippen LogP contribution in [0.2, 0.25) is 0 Å². The van der Waals surface area contributed by atoms with E-state index in [2.05, 4.69) is 4.90 Å². The van der Waals surface area contributed by atoms with Crippen LogP contribution < -0.4 is 9.64 Å². The zero-order valence-electron chi connectivity index (χ0n) is 19.3. The van der Waals surface area contributed by atoms with E-state index in [0.717, 1.165) is 17.0 Å². The number of methoxy groups -OCH3 is 1. The van der Waals surface area contributed by atoms with Gasteiger partial charge < -0.3 is 14.5 Å². The van der Waals surface area contributed by atoms with Crippen LogP contribution in [-0.2, 0) is 5.75 Å². The van der Waals surface area contributed by atoms with Crippen molar-refractivity contribution < 1.29 is 14.5 Å². The summed E-state index contributed by atoms with van der Waals surface area (Å²) in [6.45, 7) is 4.54. The first-order valence-corrected chi connectivity index (χ1v) is 12.1. The molecule has 0 N–H and O–H groups in total. The van der Waals surface area contributed by atoms with Gasteiger partial charge in [0.15, 0.2) is 0 Å². The van der Waals surface area contributed by atoms with Gasteiger partial charge in [0.05, 0.1) is 16.9 Å². The topological polar surface area (TPSA) is 75.9 Å². The fraction of sp³-hybridized carbons (Fsp3) is 0.269. The zero-order chi connectivity index (χ0) is 24.1. The van der Waals surface area contributed by atoms with Crippen molar-refractivity contribution in [1.29, 1.82) is 0 Å². The molecule has 0 spiro atoms. The molecule has 1 saturated heterocycles. The molecule has 0 atom stereocenters. The predicted molar refractivity (Wildman–Crippen MR) is 135 cm³/mol. The normalized spacial score (nSPS) is 13.6. The van der Waals surface area contributed by atoms with Gasteiger partial charge in [0.1, 0.15) is 5.75 Å². The van der Waals surface area contributed by atoms with E-state index in [4.69, 9.17) is 4.74 Å². The van der Waals surface area contributed by atoms with Crippen molar-refractivity contribution in [3.8, 4) is 5.75 Å². The molecular formula is C26H27N3O4S. The SMILES string of the molecule is COc1ccc(N2CCN(C(=O)c3ccc(SCc4ccc(C)cc4)c([N+](=O)[O-])c3)CC2)cc1. The van der Waals surface area contributed by atoms with Crippen LogP contribution in [0.1, 0.15) is 21.5 Å². The van der Waals surface area contributed by atoms with Gasteiger partial charge in [-0.2, -0.15) is 0 Å². The number of hydrogen-bond donors (Lipinski definition) is 0. The summed E-state index contributed by atoms with van der Waals surface area (Å²) in [4.78, 5) is 28.9. The van der Waals surface area contributed by atoms with Gasteiger partial charge in [-0.1, -0.05) is 29.8 Å². The number of anilines is 1. The summed E-state index contributed by atoms with van der Waals surface area (Å²) in [5, 5.41) is 11.7. The number of amides is 1. The molecule has 4 rings (SSSR count). The molecule has 1 amide bonds. The monoisotopic (exact) mass is 477 g/mol. The first-order valence-electron chi connectivity index (χ1n) is 11.1. The third-order valence-corrected chi connectivity index (χ3v) is 7.06. The summed E-state index contributed by atoms with van der Waals surface area (Å²) in [6.07, 6.45) is 0. The number of ether oxygens (including phenoxy) is 1. The number of hydrogen-bond acceptors (Lipinski definition) is 6.